The summed E-state index contributed by atoms with van der Waals surface area (Å²) in [4.78, 5) is 0. The smallest absolute Gasteiger partial charge is 0.282 e. The van der Waals surface area contributed by atoms with E-state index in [-0.39, 0.29) is 17.7 Å². The number of hydrogen-bond acceptors (Lipinski definition) is 1. The fourth-order valence-corrected chi connectivity index (χ4v) is 5.85. The van der Waals surface area contributed by atoms with Gasteiger partial charge in [0.2, 0.25) is 0 Å². The lowest BCUT2D eigenvalue weighted by molar-refractivity contribution is 0.299. The molecule has 0 radical (unpaired) electrons. The summed E-state index contributed by atoms with van der Waals surface area (Å²) in [5.74, 6) is 0. The summed E-state index contributed by atoms with van der Waals surface area (Å²) in [5.41, 5.74) is 1.18. The van der Waals surface area contributed by atoms with E-state index in [4.69, 9.17) is 5.11 Å². The molecule has 0 saturated heterocycles. The minimum absolute atomic E-state index is 0.0758. The number of aliphatic hydroxyl groups excluding tert-OH is 1. The van der Waals surface area contributed by atoms with Gasteiger partial charge in [-0.15, -0.1) is 0 Å². The number of halogens is 1. The fraction of sp³-hybridized carbons (Fsp3) is 0.571. The Morgan fingerprint density at radius 1 is 1.18 bits per heavy atom. The Kier molecular flexibility index (Phi) is 4.89. The zero-order valence-corrected chi connectivity index (χ0v) is 12.2. The van der Waals surface area contributed by atoms with E-state index in [2.05, 4.69) is 0 Å². The van der Waals surface area contributed by atoms with Crippen LogP contribution in [0, 0.1) is 0 Å². The van der Waals surface area contributed by atoms with Crippen LogP contribution in [0.5, 0.6) is 0 Å². The second kappa shape index (κ2) is 5.78. The van der Waals surface area contributed by atoms with Crippen LogP contribution in [0.25, 0.3) is 0 Å². The average Bonchev–Trinajstić information content (AvgIpc) is 2.28. The lowest BCUT2D eigenvalue weighted by atomic mass is 10.2. The van der Waals surface area contributed by atoms with Gasteiger partial charge in [-0.1, -0.05) is 52.0 Å². The Balaban J connectivity index is 3.15. The highest BCUT2D eigenvalue weighted by Gasteiger charge is 2.43. The first kappa shape index (κ1) is 14.4. The van der Waals surface area contributed by atoms with Crippen molar-refractivity contribution < 1.29 is 9.21 Å². The maximum Gasteiger partial charge on any atom is 0.282 e. The number of benzene rings is 1. The van der Waals surface area contributed by atoms with Gasteiger partial charge in [0.1, 0.15) is 0 Å². The molecule has 0 fully saturated rings. The number of hydrogen-bond donors (Lipinski definition) is 1. The zero-order chi connectivity index (χ0) is 13.1. The molecule has 0 aliphatic carbocycles. The number of aliphatic hydroxyl groups is 1. The summed E-state index contributed by atoms with van der Waals surface area (Å²) in [5, 5.41) is 9.82. The van der Waals surface area contributed by atoms with Crippen LogP contribution in [0.2, 0.25) is 11.1 Å². The SMILES string of the molecule is CC(C)[Si]([18F])(c1cccc(CCO)c1)C(C)C. The zero-order valence-electron chi connectivity index (χ0n) is 11.2. The standard InChI is InChI=1S/C14H23FOSi/c1-11(2)17(15,12(3)4)14-7-5-6-13(10-14)8-9-16/h5-7,10-12,16H,8-9H2,1-4H3/i15-1. The van der Waals surface area contributed by atoms with E-state index < -0.39 is 8.41 Å². The predicted molar refractivity (Wildman–Crippen MR) is 73.9 cm³/mol. The molecule has 1 aromatic carbocycles. The molecule has 96 valence electrons. The molecule has 0 aromatic heterocycles. The molecule has 0 spiro atoms. The second-order valence-corrected chi connectivity index (χ2v) is 9.67. The first-order chi connectivity index (χ1) is 7.92. The fourth-order valence-electron chi connectivity index (χ4n) is 2.43. The number of rotatable bonds is 5. The van der Waals surface area contributed by atoms with Crippen LogP contribution < -0.4 is 5.19 Å². The predicted octanol–water partition coefficient (Wildman–Crippen LogP) is 3.16. The van der Waals surface area contributed by atoms with Gasteiger partial charge in [0.05, 0.1) is 0 Å². The third kappa shape index (κ3) is 2.96. The Morgan fingerprint density at radius 3 is 2.24 bits per heavy atom. The van der Waals surface area contributed by atoms with Crippen molar-refractivity contribution in [2.24, 2.45) is 0 Å². The molecular weight excluding hydrogens is 230 g/mol. The van der Waals surface area contributed by atoms with Crippen molar-refractivity contribution in [3.05, 3.63) is 29.8 Å². The largest absolute Gasteiger partial charge is 0.396 e. The van der Waals surface area contributed by atoms with Crippen LogP contribution in [0.15, 0.2) is 24.3 Å². The van der Waals surface area contributed by atoms with E-state index in [1.54, 1.807) is 0 Å². The molecular formula is C14H23FOSi. The Labute approximate surface area is 105 Å². The van der Waals surface area contributed by atoms with Crippen molar-refractivity contribution in [1.29, 1.82) is 0 Å². The van der Waals surface area contributed by atoms with E-state index in [0.29, 0.717) is 6.42 Å². The molecule has 1 N–H and O–H groups in total. The lowest BCUT2D eigenvalue weighted by Gasteiger charge is -2.31. The Morgan fingerprint density at radius 2 is 1.76 bits per heavy atom. The highest BCUT2D eigenvalue weighted by atomic mass is 28.4. The molecule has 1 rings (SSSR count). The molecule has 0 heterocycles. The molecule has 17 heavy (non-hydrogen) atoms. The van der Waals surface area contributed by atoms with Crippen molar-refractivity contribution in [3.8, 4) is 0 Å². The first-order valence-corrected chi connectivity index (χ1v) is 8.35. The molecule has 0 aliphatic rings. The van der Waals surface area contributed by atoms with E-state index in [1.807, 2.05) is 52.0 Å². The molecule has 1 aromatic rings. The molecule has 0 amide bonds. The molecule has 0 aliphatic heterocycles. The summed E-state index contributed by atoms with van der Waals surface area (Å²) in [6.45, 7) is 8.03. The maximum atomic E-state index is 15.3. The molecule has 0 saturated carbocycles. The van der Waals surface area contributed by atoms with Crippen LogP contribution in [-0.4, -0.2) is 20.1 Å². The van der Waals surface area contributed by atoms with Gasteiger partial charge < -0.3 is 9.21 Å². The van der Waals surface area contributed by atoms with Gasteiger partial charge in [-0.05, 0) is 28.3 Å². The van der Waals surface area contributed by atoms with E-state index >= 15 is 4.11 Å². The van der Waals surface area contributed by atoms with Gasteiger partial charge in [-0.2, -0.15) is 0 Å². The van der Waals surface area contributed by atoms with Gasteiger partial charge in [0.15, 0.2) is 0 Å². The van der Waals surface area contributed by atoms with Crippen molar-refractivity contribution in [2.45, 2.75) is 45.2 Å². The molecule has 0 unspecified atom stereocenters. The average molecular weight is 253 g/mol. The van der Waals surface area contributed by atoms with Crippen LogP contribution in [0.4, 0.5) is 4.11 Å². The monoisotopic (exact) mass is 253 g/mol. The Bertz CT molecular complexity index is 355. The van der Waals surface area contributed by atoms with Crippen LogP contribution in [0.3, 0.4) is 0 Å². The topological polar surface area (TPSA) is 20.2 Å². The van der Waals surface area contributed by atoms with E-state index in [0.717, 1.165) is 10.8 Å². The van der Waals surface area contributed by atoms with Crippen molar-refractivity contribution in [3.63, 3.8) is 0 Å². The normalized spacial score (nSPS) is 12.5. The van der Waals surface area contributed by atoms with Gasteiger partial charge in [0.25, 0.3) is 8.41 Å². The first-order valence-electron chi connectivity index (χ1n) is 6.32. The molecule has 1 nitrogen and oxygen atoms in total. The minimum atomic E-state index is -2.92. The maximum absolute atomic E-state index is 15.3. The van der Waals surface area contributed by atoms with Crippen LogP contribution >= 0.6 is 0 Å². The summed E-state index contributed by atoms with van der Waals surface area (Å²) in [6, 6.07) is 7.72. The highest BCUT2D eigenvalue weighted by molar-refractivity contribution is 6.88. The summed E-state index contributed by atoms with van der Waals surface area (Å²) >= 11 is 0. The minimum Gasteiger partial charge on any atom is -0.396 e. The van der Waals surface area contributed by atoms with Gasteiger partial charge in [-0.25, -0.2) is 0 Å². The van der Waals surface area contributed by atoms with Gasteiger partial charge >= 0.3 is 0 Å². The third-order valence-electron chi connectivity index (χ3n) is 3.45. The molecule has 3 heteroatoms. The van der Waals surface area contributed by atoms with Gasteiger partial charge in [0, 0.05) is 6.61 Å². The second-order valence-electron chi connectivity index (χ2n) is 5.25. The van der Waals surface area contributed by atoms with Crippen LogP contribution in [0.1, 0.15) is 33.3 Å². The van der Waals surface area contributed by atoms with E-state index in [9.17, 15) is 0 Å². The highest BCUT2D eigenvalue weighted by Crippen LogP contribution is 2.33. The van der Waals surface area contributed by atoms with Crippen molar-refractivity contribution >= 4 is 13.6 Å². The summed E-state index contributed by atoms with van der Waals surface area (Å²) < 4.78 is 15.3. The lowest BCUT2D eigenvalue weighted by Crippen LogP contribution is -2.49. The third-order valence-corrected chi connectivity index (χ3v) is 8.01. The van der Waals surface area contributed by atoms with E-state index in [1.165, 1.54) is 0 Å². The quantitative estimate of drug-likeness (QED) is 0.631. The van der Waals surface area contributed by atoms with Crippen molar-refractivity contribution in [2.75, 3.05) is 6.61 Å². The van der Waals surface area contributed by atoms with Crippen molar-refractivity contribution in [1.82, 2.24) is 0 Å². The molecule has 0 bridgehead atoms. The summed E-state index contributed by atoms with van der Waals surface area (Å²) in [6.07, 6.45) is 0.606. The molecule has 0 atom stereocenters. The summed E-state index contributed by atoms with van der Waals surface area (Å²) in [7, 11) is -2.92. The van der Waals surface area contributed by atoms with Crippen LogP contribution in [-0.2, 0) is 6.42 Å². The van der Waals surface area contributed by atoms with Gasteiger partial charge in [-0.3, -0.25) is 0 Å². The Hall–Kier alpha value is -0.673.